The predicted octanol–water partition coefficient (Wildman–Crippen LogP) is 1.34. The van der Waals surface area contributed by atoms with E-state index in [-0.39, 0.29) is 5.78 Å². The largest absolute Gasteiger partial charge is 0.383 e. The van der Waals surface area contributed by atoms with Gasteiger partial charge in [0.2, 0.25) is 10.0 Å². The Balaban J connectivity index is 3.04. The van der Waals surface area contributed by atoms with E-state index in [0.29, 0.717) is 11.3 Å². The predicted molar refractivity (Wildman–Crippen MR) is 76.8 cm³/mol. The number of carbonyl (C=O) groups excluding carboxylic acids is 1. The van der Waals surface area contributed by atoms with E-state index in [0.717, 1.165) is 10.6 Å². The summed E-state index contributed by atoms with van der Waals surface area (Å²) in [6.45, 7) is 0. The number of ketones is 1. The minimum Gasteiger partial charge on any atom is -0.383 e. The number of allylic oxidation sites excluding steroid dienone is 1. The highest BCUT2D eigenvalue weighted by Crippen LogP contribution is 2.17. The third kappa shape index (κ3) is 4.40. The van der Waals surface area contributed by atoms with Crippen molar-refractivity contribution in [1.82, 2.24) is 4.90 Å². The summed E-state index contributed by atoms with van der Waals surface area (Å²) in [5.41, 5.74) is 0.915. The van der Waals surface area contributed by atoms with Gasteiger partial charge in [-0.2, -0.15) is 0 Å². The van der Waals surface area contributed by atoms with Gasteiger partial charge in [0, 0.05) is 39.0 Å². The zero-order chi connectivity index (χ0) is 14.6. The second kappa shape index (κ2) is 5.88. The van der Waals surface area contributed by atoms with E-state index >= 15 is 0 Å². The van der Waals surface area contributed by atoms with Gasteiger partial charge in [0.15, 0.2) is 5.78 Å². The SMILES string of the molecule is CN(C)C=CC(=O)c1cccc(N(C)S(C)(=O)=O)c1. The van der Waals surface area contributed by atoms with Gasteiger partial charge in [-0.05, 0) is 12.1 Å². The molecule has 0 unspecified atom stereocenters. The molecule has 0 radical (unpaired) electrons. The Morgan fingerprint density at radius 2 is 1.84 bits per heavy atom. The third-order valence-corrected chi connectivity index (χ3v) is 3.72. The van der Waals surface area contributed by atoms with Gasteiger partial charge in [-0.25, -0.2) is 8.42 Å². The molecule has 0 aliphatic carbocycles. The Kier molecular flexibility index (Phi) is 4.72. The van der Waals surface area contributed by atoms with Crippen LogP contribution in [0.15, 0.2) is 36.5 Å². The maximum atomic E-state index is 11.9. The Morgan fingerprint density at radius 3 is 2.37 bits per heavy atom. The first-order valence-electron chi connectivity index (χ1n) is 5.65. The summed E-state index contributed by atoms with van der Waals surface area (Å²) in [7, 11) is 1.76. The average molecular weight is 282 g/mol. The van der Waals surface area contributed by atoms with Crippen LogP contribution in [-0.4, -0.2) is 46.5 Å². The van der Waals surface area contributed by atoms with Crippen molar-refractivity contribution in [2.24, 2.45) is 0 Å². The fourth-order valence-electron chi connectivity index (χ4n) is 1.36. The Labute approximate surface area is 114 Å². The van der Waals surface area contributed by atoms with E-state index in [9.17, 15) is 13.2 Å². The molecule has 0 heterocycles. The molecule has 0 aromatic heterocycles. The number of anilines is 1. The summed E-state index contributed by atoms with van der Waals surface area (Å²) >= 11 is 0. The molecule has 6 heteroatoms. The van der Waals surface area contributed by atoms with Crippen molar-refractivity contribution in [3.8, 4) is 0 Å². The van der Waals surface area contributed by atoms with Crippen LogP contribution in [-0.2, 0) is 10.0 Å². The van der Waals surface area contributed by atoms with Crippen LogP contribution >= 0.6 is 0 Å². The number of benzene rings is 1. The summed E-state index contributed by atoms with van der Waals surface area (Å²) in [5.74, 6) is -0.169. The van der Waals surface area contributed by atoms with Gasteiger partial charge in [-0.15, -0.1) is 0 Å². The quantitative estimate of drug-likeness (QED) is 0.604. The summed E-state index contributed by atoms with van der Waals surface area (Å²) < 4.78 is 24.0. The van der Waals surface area contributed by atoms with Gasteiger partial charge in [-0.3, -0.25) is 9.10 Å². The summed E-state index contributed by atoms with van der Waals surface area (Å²) in [6.07, 6.45) is 4.21. The minimum absolute atomic E-state index is 0.169. The molecule has 1 aromatic carbocycles. The molecule has 0 aliphatic rings. The average Bonchev–Trinajstić information content (AvgIpc) is 2.34. The monoisotopic (exact) mass is 282 g/mol. The number of hydrogen-bond donors (Lipinski definition) is 0. The van der Waals surface area contributed by atoms with Crippen molar-refractivity contribution >= 4 is 21.5 Å². The second-order valence-corrected chi connectivity index (χ2v) is 6.44. The number of carbonyl (C=O) groups is 1. The van der Waals surface area contributed by atoms with Crippen LogP contribution in [0.2, 0.25) is 0 Å². The van der Waals surface area contributed by atoms with Crippen molar-refractivity contribution in [2.75, 3.05) is 31.7 Å². The normalized spacial score (nSPS) is 11.6. The lowest BCUT2D eigenvalue weighted by atomic mass is 10.1. The third-order valence-electron chi connectivity index (χ3n) is 2.52. The van der Waals surface area contributed by atoms with Crippen LogP contribution in [0.1, 0.15) is 10.4 Å². The summed E-state index contributed by atoms with van der Waals surface area (Å²) in [6, 6.07) is 6.52. The van der Waals surface area contributed by atoms with E-state index in [1.165, 1.54) is 13.1 Å². The van der Waals surface area contributed by atoms with Crippen molar-refractivity contribution < 1.29 is 13.2 Å². The molecule has 0 amide bonds. The Hall–Kier alpha value is -1.82. The molecular formula is C13H18N2O3S. The van der Waals surface area contributed by atoms with Crippen molar-refractivity contribution in [3.63, 3.8) is 0 Å². The van der Waals surface area contributed by atoms with Crippen LogP contribution in [0.4, 0.5) is 5.69 Å². The molecule has 104 valence electrons. The van der Waals surface area contributed by atoms with E-state index in [2.05, 4.69) is 0 Å². The molecule has 0 bridgehead atoms. The molecule has 0 fully saturated rings. The highest BCUT2D eigenvalue weighted by Gasteiger charge is 2.13. The topological polar surface area (TPSA) is 57.7 Å². The van der Waals surface area contributed by atoms with E-state index < -0.39 is 10.0 Å². The lowest BCUT2D eigenvalue weighted by Gasteiger charge is -2.16. The molecule has 1 rings (SSSR count). The molecule has 0 atom stereocenters. The van der Waals surface area contributed by atoms with Crippen molar-refractivity contribution in [1.29, 1.82) is 0 Å². The first-order valence-corrected chi connectivity index (χ1v) is 7.49. The van der Waals surface area contributed by atoms with Gasteiger partial charge < -0.3 is 4.90 Å². The zero-order valence-corrected chi connectivity index (χ0v) is 12.3. The lowest BCUT2D eigenvalue weighted by molar-refractivity contribution is 0.104. The molecular weight excluding hydrogens is 264 g/mol. The maximum absolute atomic E-state index is 11.9. The number of nitrogens with zero attached hydrogens (tertiary/aromatic N) is 2. The molecule has 1 aromatic rings. The van der Waals surface area contributed by atoms with Crippen LogP contribution in [0.3, 0.4) is 0 Å². The van der Waals surface area contributed by atoms with Crippen LogP contribution < -0.4 is 4.31 Å². The maximum Gasteiger partial charge on any atom is 0.231 e. The van der Waals surface area contributed by atoms with Crippen molar-refractivity contribution in [2.45, 2.75) is 0 Å². The fraction of sp³-hybridized carbons (Fsp3) is 0.308. The van der Waals surface area contributed by atoms with E-state index in [4.69, 9.17) is 0 Å². The summed E-state index contributed by atoms with van der Waals surface area (Å²) in [5, 5.41) is 0. The van der Waals surface area contributed by atoms with E-state index in [1.807, 2.05) is 14.1 Å². The Morgan fingerprint density at radius 1 is 1.21 bits per heavy atom. The second-order valence-electron chi connectivity index (χ2n) is 4.42. The van der Waals surface area contributed by atoms with Gasteiger partial charge in [-0.1, -0.05) is 12.1 Å². The van der Waals surface area contributed by atoms with Crippen molar-refractivity contribution in [3.05, 3.63) is 42.1 Å². The standard InChI is InChI=1S/C13H18N2O3S/c1-14(2)9-8-13(16)11-6-5-7-12(10-11)15(3)19(4,17)18/h5-10H,1-4H3. The highest BCUT2D eigenvalue weighted by atomic mass is 32.2. The van der Waals surface area contributed by atoms with Gasteiger partial charge in [0.05, 0.1) is 11.9 Å². The Bertz CT molecular complexity index is 592. The smallest absolute Gasteiger partial charge is 0.231 e. The first-order chi connectivity index (χ1) is 8.71. The molecule has 0 spiro atoms. The van der Waals surface area contributed by atoms with Crippen LogP contribution in [0.5, 0.6) is 0 Å². The molecule has 0 saturated heterocycles. The molecule has 0 aliphatic heterocycles. The number of sulfonamides is 1. The molecule has 0 N–H and O–H groups in total. The highest BCUT2D eigenvalue weighted by molar-refractivity contribution is 7.92. The minimum atomic E-state index is -3.33. The van der Waals surface area contributed by atoms with E-state index in [1.54, 1.807) is 35.4 Å². The number of rotatable bonds is 5. The van der Waals surface area contributed by atoms with Gasteiger partial charge >= 0.3 is 0 Å². The van der Waals surface area contributed by atoms with Gasteiger partial charge in [0.25, 0.3) is 0 Å². The van der Waals surface area contributed by atoms with Crippen LogP contribution in [0, 0.1) is 0 Å². The molecule has 0 saturated carbocycles. The lowest BCUT2D eigenvalue weighted by Crippen LogP contribution is -2.24. The first kappa shape index (κ1) is 15.2. The number of hydrogen-bond acceptors (Lipinski definition) is 4. The van der Waals surface area contributed by atoms with Gasteiger partial charge in [0.1, 0.15) is 0 Å². The zero-order valence-electron chi connectivity index (χ0n) is 11.5. The van der Waals surface area contributed by atoms with Crippen LogP contribution in [0.25, 0.3) is 0 Å². The molecule has 19 heavy (non-hydrogen) atoms. The summed E-state index contributed by atoms with van der Waals surface area (Å²) in [4.78, 5) is 13.6. The fourth-order valence-corrected chi connectivity index (χ4v) is 1.86. The molecule has 5 nitrogen and oxygen atoms in total.